The summed E-state index contributed by atoms with van der Waals surface area (Å²) in [6, 6.07) is 3.28. The highest BCUT2D eigenvalue weighted by Crippen LogP contribution is 2.21. The van der Waals surface area contributed by atoms with Gasteiger partial charge >= 0.3 is 0 Å². The predicted molar refractivity (Wildman–Crippen MR) is 69.3 cm³/mol. The van der Waals surface area contributed by atoms with Crippen molar-refractivity contribution in [1.82, 2.24) is 4.98 Å². The molecule has 9 heteroatoms. The predicted octanol–water partition coefficient (Wildman–Crippen LogP) is 1.76. The molecule has 0 aliphatic heterocycles. The Bertz CT molecular complexity index is 764. The number of benzene rings is 1. The van der Waals surface area contributed by atoms with Gasteiger partial charge in [0, 0.05) is 24.9 Å². The fourth-order valence-electron chi connectivity index (χ4n) is 1.50. The third-order valence-corrected chi connectivity index (χ3v) is 3.92. The Hall–Kier alpha value is -2.13. The van der Waals surface area contributed by atoms with Crippen LogP contribution in [0.2, 0.25) is 0 Å². The molecule has 1 aromatic heterocycles. The Labute approximate surface area is 118 Å². The zero-order valence-electron chi connectivity index (χ0n) is 10.5. The first-order chi connectivity index (χ1) is 9.83. The van der Waals surface area contributed by atoms with Crippen molar-refractivity contribution in [3.63, 3.8) is 0 Å². The maximum absolute atomic E-state index is 13.4. The second-order valence-electron chi connectivity index (χ2n) is 4.04. The van der Waals surface area contributed by atoms with Gasteiger partial charge in [-0.1, -0.05) is 0 Å². The maximum Gasteiger partial charge on any atom is 0.263 e. The van der Waals surface area contributed by atoms with E-state index in [1.807, 2.05) is 4.72 Å². The maximum atomic E-state index is 13.4. The van der Waals surface area contributed by atoms with Gasteiger partial charge in [0.05, 0.1) is 11.4 Å². The first kappa shape index (κ1) is 15.3. The lowest BCUT2D eigenvalue weighted by molar-refractivity contribution is 0.496. The van der Waals surface area contributed by atoms with Gasteiger partial charge in [0.25, 0.3) is 10.0 Å². The number of anilines is 1. The van der Waals surface area contributed by atoms with Crippen molar-refractivity contribution in [2.24, 2.45) is 5.73 Å². The van der Waals surface area contributed by atoms with Crippen LogP contribution < -0.4 is 10.5 Å². The normalized spacial score (nSPS) is 11.4. The van der Waals surface area contributed by atoms with Crippen molar-refractivity contribution in [3.05, 3.63) is 53.6 Å². The number of nitrogens with one attached hydrogen (secondary N) is 1. The van der Waals surface area contributed by atoms with Gasteiger partial charge in [0.15, 0.2) is 11.6 Å². The number of hydrogen-bond donors (Lipinski definition) is 2. The van der Waals surface area contributed by atoms with Crippen LogP contribution in [-0.2, 0) is 16.6 Å². The lowest BCUT2D eigenvalue weighted by Crippen LogP contribution is -2.15. The molecule has 1 aromatic carbocycles. The summed E-state index contributed by atoms with van der Waals surface area (Å²) < 4.78 is 65.0. The van der Waals surface area contributed by atoms with Gasteiger partial charge in [-0.05, 0) is 12.1 Å². The molecule has 1 heterocycles. The summed E-state index contributed by atoms with van der Waals surface area (Å²) in [6.07, 6.45) is 1.03. The van der Waals surface area contributed by atoms with E-state index in [0.717, 1.165) is 6.20 Å². The molecule has 112 valence electrons. The van der Waals surface area contributed by atoms with Crippen molar-refractivity contribution in [1.29, 1.82) is 0 Å². The third-order valence-electron chi connectivity index (χ3n) is 2.57. The molecule has 0 spiro atoms. The molecular formula is C12H10F3N3O2S. The second-order valence-corrected chi connectivity index (χ2v) is 5.72. The SMILES string of the molecule is NCc1ccc(S(=O)(=O)Nc2cc(F)c(F)cc2F)cn1. The van der Waals surface area contributed by atoms with Crippen LogP contribution in [0.4, 0.5) is 18.9 Å². The molecule has 0 amide bonds. The van der Waals surface area contributed by atoms with E-state index in [0.29, 0.717) is 11.8 Å². The van der Waals surface area contributed by atoms with Crippen LogP contribution in [0, 0.1) is 17.5 Å². The van der Waals surface area contributed by atoms with E-state index >= 15 is 0 Å². The minimum absolute atomic E-state index is 0.131. The minimum atomic E-state index is -4.17. The summed E-state index contributed by atoms with van der Waals surface area (Å²) in [5.41, 5.74) is 5.10. The molecule has 0 radical (unpaired) electrons. The zero-order valence-corrected chi connectivity index (χ0v) is 11.3. The summed E-state index contributed by atoms with van der Waals surface area (Å²) >= 11 is 0. The molecular weight excluding hydrogens is 307 g/mol. The van der Waals surface area contributed by atoms with Crippen LogP contribution in [0.15, 0.2) is 35.4 Å². The standard InChI is InChI=1S/C12H10F3N3O2S/c13-9-3-11(15)12(4-10(9)14)18-21(19,20)8-2-1-7(5-16)17-6-8/h1-4,6,18H,5,16H2. The van der Waals surface area contributed by atoms with E-state index in [1.165, 1.54) is 12.1 Å². The van der Waals surface area contributed by atoms with Crippen LogP contribution in [0.5, 0.6) is 0 Å². The molecule has 0 unspecified atom stereocenters. The molecule has 0 bridgehead atoms. The van der Waals surface area contributed by atoms with E-state index in [1.54, 1.807) is 0 Å². The topological polar surface area (TPSA) is 85.1 Å². The number of halogens is 3. The summed E-state index contributed by atoms with van der Waals surface area (Å²) in [5, 5.41) is 0. The number of nitrogens with zero attached hydrogens (tertiary/aromatic N) is 1. The average Bonchev–Trinajstić information content (AvgIpc) is 2.44. The Morgan fingerprint density at radius 2 is 1.76 bits per heavy atom. The van der Waals surface area contributed by atoms with Gasteiger partial charge in [-0.3, -0.25) is 9.71 Å². The Balaban J connectivity index is 2.34. The zero-order chi connectivity index (χ0) is 15.6. The lowest BCUT2D eigenvalue weighted by atomic mass is 10.3. The van der Waals surface area contributed by atoms with Crippen molar-refractivity contribution < 1.29 is 21.6 Å². The van der Waals surface area contributed by atoms with Crippen LogP contribution in [0.1, 0.15) is 5.69 Å². The average molecular weight is 317 g/mol. The van der Waals surface area contributed by atoms with Crippen molar-refractivity contribution in [2.75, 3.05) is 4.72 Å². The molecule has 0 aliphatic rings. The van der Waals surface area contributed by atoms with Gasteiger partial charge in [0.1, 0.15) is 10.7 Å². The van der Waals surface area contributed by atoms with E-state index in [-0.39, 0.29) is 17.5 Å². The summed E-state index contributed by atoms with van der Waals surface area (Å²) in [5.74, 6) is -4.01. The number of pyridine rings is 1. The lowest BCUT2D eigenvalue weighted by Gasteiger charge is -2.09. The van der Waals surface area contributed by atoms with Gasteiger partial charge in [-0.25, -0.2) is 21.6 Å². The third kappa shape index (κ3) is 3.31. The highest BCUT2D eigenvalue weighted by atomic mass is 32.2. The number of sulfonamides is 1. The highest BCUT2D eigenvalue weighted by molar-refractivity contribution is 7.92. The van der Waals surface area contributed by atoms with Gasteiger partial charge in [-0.2, -0.15) is 0 Å². The second kappa shape index (κ2) is 5.70. The molecule has 0 saturated carbocycles. The summed E-state index contributed by atoms with van der Waals surface area (Å²) in [7, 11) is -4.17. The van der Waals surface area contributed by atoms with Crippen LogP contribution in [-0.4, -0.2) is 13.4 Å². The number of rotatable bonds is 4. The van der Waals surface area contributed by atoms with E-state index < -0.39 is 33.2 Å². The quantitative estimate of drug-likeness (QED) is 0.842. The van der Waals surface area contributed by atoms with E-state index in [9.17, 15) is 21.6 Å². The fraction of sp³-hybridized carbons (Fsp3) is 0.0833. The molecule has 21 heavy (non-hydrogen) atoms. The molecule has 2 aromatic rings. The number of hydrogen-bond acceptors (Lipinski definition) is 4. The molecule has 0 aliphatic carbocycles. The van der Waals surface area contributed by atoms with Crippen molar-refractivity contribution in [2.45, 2.75) is 11.4 Å². The van der Waals surface area contributed by atoms with E-state index in [4.69, 9.17) is 5.73 Å². The first-order valence-corrected chi connectivity index (χ1v) is 7.14. The smallest absolute Gasteiger partial charge is 0.263 e. The molecule has 5 nitrogen and oxygen atoms in total. The molecule has 3 N–H and O–H groups in total. The fourth-order valence-corrected chi connectivity index (χ4v) is 2.50. The first-order valence-electron chi connectivity index (χ1n) is 5.66. The summed E-state index contributed by atoms with van der Waals surface area (Å²) in [6.45, 7) is 0.131. The molecule has 0 saturated heterocycles. The van der Waals surface area contributed by atoms with Crippen LogP contribution in [0.25, 0.3) is 0 Å². The summed E-state index contributed by atoms with van der Waals surface area (Å²) in [4.78, 5) is 3.53. The molecule has 0 atom stereocenters. The van der Waals surface area contributed by atoms with Gasteiger partial charge in [-0.15, -0.1) is 0 Å². The number of nitrogens with two attached hydrogens (primary N) is 1. The molecule has 2 rings (SSSR count). The van der Waals surface area contributed by atoms with Crippen molar-refractivity contribution >= 4 is 15.7 Å². The Kier molecular flexibility index (Phi) is 4.14. The van der Waals surface area contributed by atoms with Gasteiger partial charge in [0.2, 0.25) is 0 Å². The van der Waals surface area contributed by atoms with E-state index in [2.05, 4.69) is 4.98 Å². The largest absolute Gasteiger partial charge is 0.325 e. The van der Waals surface area contributed by atoms with Gasteiger partial charge < -0.3 is 5.73 Å². The monoisotopic (exact) mass is 317 g/mol. The number of aromatic nitrogens is 1. The Morgan fingerprint density at radius 3 is 2.33 bits per heavy atom. The van der Waals surface area contributed by atoms with Crippen molar-refractivity contribution in [3.8, 4) is 0 Å². The minimum Gasteiger partial charge on any atom is -0.325 e. The van der Waals surface area contributed by atoms with Crippen LogP contribution >= 0.6 is 0 Å². The van der Waals surface area contributed by atoms with Crippen LogP contribution in [0.3, 0.4) is 0 Å². The molecule has 0 fully saturated rings. The Morgan fingerprint density at radius 1 is 1.10 bits per heavy atom. The highest BCUT2D eigenvalue weighted by Gasteiger charge is 2.18.